The van der Waals surface area contributed by atoms with Gasteiger partial charge in [0.2, 0.25) is 0 Å². The molecular formula is C22H16F5N5O. The number of aromatic nitrogens is 2. The van der Waals surface area contributed by atoms with Crippen LogP contribution in [0.1, 0.15) is 21.6 Å². The molecule has 2 aromatic carbocycles. The largest absolute Gasteiger partial charge is 0.434 e. The van der Waals surface area contributed by atoms with Gasteiger partial charge in [-0.05, 0) is 24.3 Å². The number of nitrogens with zero attached hydrogens (tertiary/aromatic N) is 5. The highest BCUT2D eigenvalue weighted by Crippen LogP contribution is 2.35. The summed E-state index contributed by atoms with van der Waals surface area (Å²) in [6, 6.07) is 10.8. The summed E-state index contributed by atoms with van der Waals surface area (Å²) in [6.07, 6.45) is -4.18. The third-order valence-electron chi connectivity index (χ3n) is 5.36. The van der Waals surface area contributed by atoms with Crippen molar-refractivity contribution in [3.63, 3.8) is 0 Å². The van der Waals surface area contributed by atoms with Crippen LogP contribution in [-0.4, -0.2) is 46.8 Å². The summed E-state index contributed by atoms with van der Waals surface area (Å²) in [5.41, 5.74) is -2.26. The summed E-state index contributed by atoms with van der Waals surface area (Å²) in [6.45, 7) is 0.462. The van der Waals surface area contributed by atoms with Crippen LogP contribution in [-0.2, 0) is 6.18 Å². The van der Waals surface area contributed by atoms with Gasteiger partial charge in [-0.15, -0.1) is 0 Å². The zero-order valence-corrected chi connectivity index (χ0v) is 17.0. The number of carbonyl (C=O) groups is 1. The summed E-state index contributed by atoms with van der Waals surface area (Å²) in [5, 5.41) is 12.9. The van der Waals surface area contributed by atoms with Gasteiger partial charge >= 0.3 is 6.18 Å². The number of rotatable bonds is 3. The van der Waals surface area contributed by atoms with E-state index < -0.39 is 40.7 Å². The van der Waals surface area contributed by atoms with Crippen LogP contribution < -0.4 is 4.90 Å². The van der Waals surface area contributed by atoms with Crippen LogP contribution in [0.3, 0.4) is 0 Å². The molecule has 0 N–H and O–H groups in total. The number of piperazine rings is 1. The van der Waals surface area contributed by atoms with Gasteiger partial charge in [0.25, 0.3) is 5.91 Å². The lowest BCUT2D eigenvalue weighted by molar-refractivity contribution is -0.143. The summed E-state index contributed by atoms with van der Waals surface area (Å²) in [7, 11) is 0. The molecule has 170 valence electrons. The summed E-state index contributed by atoms with van der Waals surface area (Å²) < 4.78 is 70.0. The third kappa shape index (κ3) is 4.11. The van der Waals surface area contributed by atoms with Gasteiger partial charge in [-0.1, -0.05) is 18.2 Å². The molecule has 0 atom stereocenters. The van der Waals surface area contributed by atoms with E-state index in [1.165, 1.54) is 23.1 Å². The van der Waals surface area contributed by atoms with Gasteiger partial charge in [-0.3, -0.25) is 4.79 Å². The highest BCUT2D eigenvalue weighted by Gasteiger charge is 2.42. The first-order chi connectivity index (χ1) is 15.7. The molecule has 1 saturated heterocycles. The summed E-state index contributed by atoms with van der Waals surface area (Å²) in [4.78, 5) is 15.9. The normalized spacial score (nSPS) is 14.3. The first-order valence-electron chi connectivity index (χ1n) is 9.85. The van der Waals surface area contributed by atoms with E-state index in [4.69, 9.17) is 0 Å². The van der Waals surface area contributed by atoms with E-state index in [9.17, 15) is 32.0 Å². The highest BCUT2D eigenvalue weighted by molar-refractivity contribution is 5.95. The van der Waals surface area contributed by atoms with Gasteiger partial charge in [0.05, 0.1) is 17.4 Å². The SMILES string of the molecule is N#Cc1c(F)cccc1N1CCN(C(=O)c2cnn(-c3ccccc3F)c2C(F)(F)F)CC1. The van der Waals surface area contributed by atoms with Gasteiger partial charge in [0.1, 0.15) is 29.0 Å². The molecule has 0 spiro atoms. The maximum Gasteiger partial charge on any atom is 0.434 e. The van der Waals surface area contributed by atoms with E-state index in [0.29, 0.717) is 10.4 Å². The zero-order valence-electron chi connectivity index (χ0n) is 17.0. The Bertz CT molecular complexity index is 1240. The van der Waals surface area contributed by atoms with Gasteiger partial charge in [-0.2, -0.15) is 23.5 Å². The molecule has 1 aliphatic rings. The topological polar surface area (TPSA) is 65.2 Å². The fourth-order valence-corrected chi connectivity index (χ4v) is 3.79. The Morgan fingerprint density at radius 2 is 1.58 bits per heavy atom. The average molecular weight is 461 g/mol. The second kappa shape index (κ2) is 8.54. The predicted octanol–water partition coefficient (Wildman–Crippen LogP) is 4.00. The van der Waals surface area contributed by atoms with Crippen molar-refractivity contribution in [3.8, 4) is 11.8 Å². The number of para-hydroxylation sites is 1. The lowest BCUT2D eigenvalue weighted by Gasteiger charge is -2.36. The molecule has 0 radical (unpaired) electrons. The maximum absolute atomic E-state index is 14.1. The van der Waals surface area contributed by atoms with E-state index in [2.05, 4.69) is 5.10 Å². The molecule has 1 fully saturated rings. The van der Waals surface area contributed by atoms with Crippen molar-refractivity contribution in [3.05, 3.63) is 77.1 Å². The van der Waals surface area contributed by atoms with Crippen LogP contribution in [0.2, 0.25) is 0 Å². The van der Waals surface area contributed by atoms with E-state index in [-0.39, 0.29) is 31.7 Å². The monoisotopic (exact) mass is 461 g/mol. The van der Waals surface area contributed by atoms with Crippen molar-refractivity contribution >= 4 is 11.6 Å². The number of alkyl halides is 3. The Hall–Kier alpha value is -3.94. The van der Waals surface area contributed by atoms with Crippen LogP contribution in [0.5, 0.6) is 0 Å². The Morgan fingerprint density at radius 1 is 0.939 bits per heavy atom. The zero-order chi connectivity index (χ0) is 23.8. The molecule has 33 heavy (non-hydrogen) atoms. The van der Waals surface area contributed by atoms with Crippen LogP contribution in [0.15, 0.2) is 48.7 Å². The van der Waals surface area contributed by atoms with Crippen molar-refractivity contribution in [1.29, 1.82) is 5.26 Å². The number of hydrogen-bond acceptors (Lipinski definition) is 4. The molecule has 6 nitrogen and oxygen atoms in total. The van der Waals surface area contributed by atoms with E-state index in [1.54, 1.807) is 17.0 Å². The first kappa shape index (κ1) is 22.3. The summed E-state index contributed by atoms with van der Waals surface area (Å²) in [5.74, 6) is -2.49. The molecule has 0 aliphatic carbocycles. The van der Waals surface area contributed by atoms with Crippen molar-refractivity contribution in [2.24, 2.45) is 0 Å². The Balaban J connectivity index is 1.60. The number of anilines is 1. The number of hydrogen-bond donors (Lipinski definition) is 0. The van der Waals surface area contributed by atoms with Gasteiger partial charge in [0.15, 0.2) is 5.69 Å². The molecular weight excluding hydrogens is 445 g/mol. The first-order valence-corrected chi connectivity index (χ1v) is 9.85. The molecule has 1 aliphatic heterocycles. The molecule has 3 aromatic rings. The van der Waals surface area contributed by atoms with Crippen LogP contribution in [0.25, 0.3) is 5.69 Å². The third-order valence-corrected chi connectivity index (χ3v) is 5.36. The van der Waals surface area contributed by atoms with Crippen molar-refractivity contribution in [2.45, 2.75) is 6.18 Å². The van der Waals surface area contributed by atoms with Gasteiger partial charge in [0, 0.05) is 26.2 Å². The average Bonchev–Trinajstić information content (AvgIpc) is 3.24. The van der Waals surface area contributed by atoms with Gasteiger partial charge < -0.3 is 9.80 Å². The minimum Gasteiger partial charge on any atom is -0.367 e. The molecule has 0 unspecified atom stereocenters. The maximum atomic E-state index is 14.1. The van der Waals surface area contributed by atoms with Gasteiger partial charge in [-0.25, -0.2) is 13.5 Å². The molecule has 1 amide bonds. The number of halogens is 5. The van der Waals surface area contributed by atoms with Crippen molar-refractivity contribution < 1.29 is 26.7 Å². The highest BCUT2D eigenvalue weighted by atomic mass is 19.4. The quantitative estimate of drug-likeness (QED) is 0.553. The van der Waals surface area contributed by atoms with E-state index in [1.807, 2.05) is 0 Å². The standard InChI is InChI=1S/C22H16F5N5O/c23-16-5-3-7-18(14(16)12-28)30-8-10-31(11-9-30)21(33)15-13-29-32(20(15)22(25,26)27)19-6-2-1-4-17(19)24/h1-7,13H,8-11H2. The van der Waals surface area contributed by atoms with Crippen LogP contribution >= 0.6 is 0 Å². The second-order valence-corrected chi connectivity index (χ2v) is 7.29. The fourth-order valence-electron chi connectivity index (χ4n) is 3.79. The lowest BCUT2D eigenvalue weighted by atomic mass is 10.1. The van der Waals surface area contributed by atoms with Crippen LogP contribution in [0, 0.1) is 23.0 Å². The number of nitriles is 1. The molecule has 2 heterocycles. The molecule has 0 bridgehead atoms. The Morgan fingerprint density at radius 3 is 2.21 bits per heavy atom. The number of benzene rings is 2. The second-order valence-electron chi connectivity index (χ2n) is 7.29. The lowest BCUT2D eigenvalue weighted by Crippen LogP contribution is -2.49. The Labute approximate surface area is 185 Å². The van der Waals surface area contributed by atoms with Crippen molar-refractivity contribution in [2.75, 3.05) is 31.1 Å². The summed E-state index contributed by atoms with van der Waals surface area (Å²) >= 11 is 0. The van der Waals surface area contributed by atoms with Crippen LogP contribution in [0.4, 0.5) is 27.6 Å². The molecule has 0 saturated carbocycles. The molecule has 4 rings (SSSR count). The fraction of sp³-hybridized carbons (Fsp3) is 0.227. The molecule has 1 aromatic heterocycles. The Kier molecular flexibility index (Phi) is 5.76. The minimum atomic E-state index is -4.96. The number of carbonyl (C=O) groups excluding carboxylic acids is 1. The minimum absolute atomic E-state index is 0.0440. The number of amides is 1. The van der Waals surface area contributed by atoms with E-state index in [0.717, 1.165) is 24.4 Å². The predicted molar refractivity (Wildman–Crippen MR) is 108 cm³/mol. The smallest absolute Gasteiger partial charge is 0.367 e. The van der Waals surface area contributed by atoms with Crippen molar-refractivity contribution in [1.82, 2.24) is 14.7 Å². The van der Waals surface area contributed by atoms with E-state index >= 15 is 0 Å². The molecule has 11 heteroatoms.